The maximum absolute atomic E-state index is 13.3. The van der Waals surface area contributed by atoms with E-state index in [1.807, 2.05) is 37.3 Å². The standard InChI is InChI=1S/C24H21N5O5/c1-4-28-19-12-15(25-13-16-22(31)33-24(2,3)34-23(16)32)10-9-14(19)11-20(21(28)30)29-26-17-7-5-6-8-18(17)27-29/h5-13,25H,4H2,1-3H3. The van der Waals surface area contributed by atoms with Crippen molar-refractivity contribution in [1.29, 1.82) is 0 Å². The number of rotatable bonds is 4. The van der Waals surface area contributed by atoms with Crippen molar-refractivity contribution in [2.45, 2.75) is 33.1 Å². The average molecular weight is 459 g/mol. The highest BCUT2D eigenvalue weighted by Crippen LogP contribution is 2.24. The van der Waals surface area contributed by atoms with E-state index in [0.29, 0.717) is 34.5 Å². The first-order valence-corrected chi connectivity index (χ1v) is 10.7. The Hall–Kier alpha value is -4.47. The molecule has 2 aromatic carbocycles. The van der Waals surface area contributed by atoms with E-state index >= 15 is 0 Å². The topological polar surface area (TPSA) is 117 Å². The molecule has 0 spiro atoms. The van der Waals surface area contributed by atoms with Crippen LogP contribution in [0.2, 0.25) is 0 Å². The third-order valence-electron chi connectivity index (χ3n) is 5.40. The zero-order chi connectivity index (χ0) is 24.0. The maximum Gasteiger partial charge on any atom is 0.350 e. The summed E-state index contributed by atoms with van der Waals surface area (Å²) in [6, 6.07) is 14.5. The normalized spacial score (nSPS) is 15.3. The lowest BCUT2D eigenvalue weighted by Gasteiger charge is -2.29. The molecule has 0 radical (unpaired) electrons. The van der Waals surface area contributed by atoms with Crippen molar-refractivity contribution in [3.8, 4) is 5.69 Å². The van der Waals surface area contributed by atoms with Crippen LogP contribution in [0.25, 0.3) is 27.6 Å². The number of nitrogens with one attached hydrogen (secondary N) is 1. The second kappa shape index (κ2) is 7.84. The number of hydrogen-bond donors (Lipinski definition) is 1. The van der Waals surface area contributed by atoms with Crippen LogP contribution in [0.4, 0.5) is 5.69 Å². The predicted octanol–water partition coefficient (Wildman–Crippen LogP) is 2.89. The number of aryl methyl sites for hydroxylation is 1. The summed E-state index contributed by atoms with van der Waals surface area (Å²) in [5.74, 6) is -2.86. The Labute approximate surface area is 193 Å². The van der Waals surface area contributed by atoms with E-state index in [0.717, 1.165) is 5.39 Å². The number of carbonyl (C=O) groups is 2. The summed E-state index contributed by atoms with van der Waals surface area (Å²) in [7, 11) is 0. The number of hydrogen-bond acceptors (Lipinski definition) is 8. The van der Waals surface area contributed by atoms with Gasteiger partial charge in [-0.15, -0.1) is 15.0 Å². The molecule has 0 unspecified atom stereocenters. The van der Waals surface area contributed by atoms with Gasteiger partial charge in [-0.1, -0.05) is 18.2 Å². The molecule has 1 aliphatic heterocycles. The molecule has 4 aromatic rings. The lowest BCUT2D eigenvalue weighted by Crippen LogP contribution is -2.42. The molecule has 1 fully saturated rings. The second-order valence-electron chi connectivity index (χ2n) is 8.21. The minimum Gasteiger partial charge on any atom is -0.419 e. The van der Waals surface area contributed by atoms with E-state index in [9.17, 15) is 14.4 Å². The molecule has 10 heteroatoms. The van der Waals surface area contributed by atoms with Crippen molar-refractivity contribution in [3.05, 3.63) is 70.7 Å². The van der Waals surface area contributed by atoms with Crippen LogP contribution in [0.5, 0.6) is 0 Å². The number of ether oxygens (including phenoxy) is 2. The Morgan fingerprint density at radius 3 is 2.24 bits per heavy atom. The van der Waals surface area contributed by atoms with E-state index in [1.54, 1.807) is 22.8 Å². The number of esters is 2. The maximum atomic E-state index is 13.3. The summed E-state index contributed by atoms with van der Waals surface area (Å²) in [6.07, 6.45) is 1.24. The van der Waals surface area contributed by atoms with Gasteiger partial charge in [0.15, 0.2) is 11.3 Å². The van der Waals surface area contributed by atoms with Gasteiger partial charge < -0.3 is 19.4 Å². The summed E-state index contributed by atoms with van der Waals surface area (Å²) in [5.41, 5.74) is 2.48. The van der Waals surface area contributed by atoms with Crippen LogP contribution in [-0.4, -0.2) is 37.3 Å². The van der Waals surface area contributed by atoms with Crippen LogP contribution >= 0.6 is 0 Å². The van der Waals surface area contributed by atoms with E-state index in [1.165, 1.54) is 24.8 Å². The minimum atomic E-state index is -1.31. The van der Waals surface area contributed by atoms with Crippen LogP contribution in [0.15, 0.2) is 65.1 Å². The first kappa shape index (κ1) is 21.4. The van der Waals surface area contributed by atoms with Gasteiger partial charge in [-0.05, 0) is 37.3 Å². The number of cyclic esters (lactones) is 2. The zero-order valence-corrected chi connectivity index (χ0v) is 18.7. The number of carbonyl (C=O) groups excluding carboxylic acids is 2. The number of aromatic nitrogens is 4. The van der Waals surface area contributed by atoms with Crippen molar-refractivity contribution < 1.29 is 19.1 Å². The minimum absolute atomic E-state index is 0.243. The summed E-state index contributed by atoms with van der Waals surface area (Å²) in [4.78, 5) is 38.9. The Kier molecular flexibility index (Phi) is 4.93. The molecular weight excluding hydrogens is 438 g/mol. The number of benzene rings is 2. The molecule has 2 aromatic heterocycles. The molecular formula is C24H21N5O5. The molecule has 10 nitrogen and oxygen atoms in total. The smallest absolute Gasteiger partial charge is 0.350 e. The van der Waals surface area contributed by atoms with E-state index in [4.69, 9.17) is 9.47 Å². The van der Waals surface area contributed by atoms with Gasteiger partial charge >= 0.3 is 11.9 Å². The molecule has 172 valence electrons. The molecule has 0 bridgehead atoms. The van der Waals surface area contributed by atoms with Crippen LogP contribution in [0, 0.1) is 0 Å². The number of pyridine rings is 1. The number of nitrogens with zero attached hydrogens (tertiary/aromatic N) is 4. The number of anilines is 1. The number of fused-ring (bicyclic) bond motifs is 2. The van der Waals surface area contributed by atoms with Gasteiger partial charge in [-0.2, -0.15) is 0 Å². The van der Waals surface area contributed by atoms with E-state index in [2.05, 4.69) is 15.5 Å². The SMILES string of the molecule is CCn1c(=O)c(-n2nc3ccccc3n2)cc2ccc(NC=C3C(=O)OC(C)(C)OC3=O)cc21. The summed E-state index contributed by atoms with van der Waals surface area (Å²) in [5, 5.41) is 12.6. The van der Waals surface area contributed by atoms with Crippen LogP contribution in [0.1, 0.15) is 20.8 Å². The van der Waals surface area contributed by atoms with Gasteiger partial charge in [0.1, 0.15) is 11.0 Å². The lowest BCUT2D eigenvalue weighted by molar-refractivity contribution is -0.222. The van der Waals surface area contributed by atoms with Crippen LogP contribution in [0.3, 0.4) is 0 Å². The fourth-order valence-electron chi connectivity index (χ4n) is 3.80. The zero-order valence-electron chi connectivity index (χ0n) is 18.7. The predicted molar refractivity (Wildman–Crippen MR) is 124 cm³/mol. The van der Waals surface area contributed by atoms with E-state index < -0.39 is 17.7 Å². The Morgan fingerprint density at radius 2 is 1.62 bits per heavy atom. The van der Waals surface area contributed by atoms with Crippen LogP contribution in [-0.2, 0) is 25.6 Å². The van der Waals surface area contributed by atoms with Gasteiger partial charge in [0, 0.05) is 37.7 Å². The molecule has 0 saturated carbocycles. The van der Waals surface area contributed by atoms with E-state index in [-0.39, 0.29) is 11.1 Å². The van der Waals surface area contributed by atoms with Crippen molar-refractivity contribution in [2.75, 3.05) is 5.32 Å². The lowest BCUT2D eigenvalue weighted by atomic mass is 10.1. The van der Waals surface area contributed by atoms with Gasteiger partial charge in [0.05, 0.1) is 5.52 Å². The second-order valence-corrected chi connectivity index (χ2v) is 8.21. The molecule has 5 rings (SSSR count). The van der Waals surface area contributed by atoms with Gasteiger partial charge in [0.25, 0.3) is 11.3 Å². The molecule has 1 saturated heterocycles. The first-order valence-electron chi connectivity index (χ1n) is 10.7. The monoisotopic (exact) mass is 459 g/mol. The highest BCUT2D eigenvalue weighted by molar-refractivity contribution is 6.15. The largest absolute Gasteiger partial charge is 0.419 e. The first-order chi connectivity index (χ1) is 16.3. The Morgan fingerprint density at radius 1 is 0.971 bits per heavy atom. The van der Waals surface area contributed by atoms with Crippen molar-refractivity contribution in [3.63, 3.8) is 0 Å². The fraction of sp³-hybridized carbons (Fsp3) is 0.208. The molecule has 0 aliphatic carbocycles. The van der Waals surface area contributed by atoms with Crippen LogP contribution < -0.4 is 10.9 Å². The molecule has 0 atom stereocenters. The third-order valence-corrected chi connectivity index (χ3v) is 5.40. The highest BCUT2D eigenvalue weighted by Gasteiger charge is 2.38. The van der Waals surface area contributed by atoms with Gasteiger partial charge in [-0.25, -0.2) is 9.59 Å². The molecule has 1 N–H and O–H groups in total. The fourth-order valence-corrected chi connectivity index (χ4v) is 3.80. The third kappa shape index (κ3) is 3.68. The summed E-state index contributed by atoms with van der Waals surface area (Å²) < 4.78 is 11.8. The van der Waals surface area contributed by atoms with Crippen molar-refractivity contribution >= 4 is 39.6 Å². The summed E-state index contributed by atoms with van der Waals surface area (Å²) >= 11 is 0. The summed E-state index contributed by atoms with van der Waals surface area (Å²) in [6.45, 7) is 5.25. The Balaban J connectivity index is 1.52. The molecule has 0 amide bonds. The molecule has 1 aliphatic rings. The quantitative estimate of drug-likeness (QED) is 0.281. The molecule has 3 heterocycles. The van der Waals surface area contributed by atoms with Crippen molar-refractivity contribution in [2.24, 2.45) is 0 Å². The Bertz CT molecular complexity index is 1510. The van der Waals surface area contributed by atoms with Gasteiger partial charge in [0.2, 0.25) is 0 Å². The average Bonchev–Trinajstić information content (AvgIpc) is 3.21. The highest BCUT2D eigenvalue weighted by atomic mass is 16.7. The van der Waals surface area contributed by atoms with Gasteiger partial charge in [-0.3, -0.25) is 4.79 Å². The van der Waals surface area contributed by atoms with Crippen molar-refractivity contribution in [1.82, 2.24) is 19.6 Å². The molecule has 34 heavy (non-hydrogen) atoms.